The van der Waals surface area contributed by atoms with Crippen molar-refractivity contribution in [3.05, 3.63) is 23.8 Å². The number of aromatic nitrogens is 4. The van der Waals surface area contributed by atoms with E-state index in [0.717, 1.165) is 27.4 Å². The summed E-state index contributed by atoms with van der Waals surface area (Å²) in [5.41, 5.74) is 2.96. The Morgan fingerprint density at radius 2 is 2.11 bits per heavy atom. The van der Waals surface area contributed by atoms with Gasteiger partial charge in [-0.2, -0.15) is 5.10 Å². The molecule has 0 aromatic carbocycles. The van der Waals surface area contributed by atoms with Gasteiger partial charge >= 0.3 is 0 Å². The van der Waals surface area contributed by atoms with Crippen LogP contribution in [0.5, 0.6) is 0 Å². The summed E-state index contributed by atoms with van der Waals surface area (Å²) in [6.45, 7) is 0. The average molecular weight is 259 g/mol. The number of hydrogen-bond acceptors (Lipinski definition) is 5. The first-order valence-corrected chi connectivity index (χ1v) is 6.44. The molecule has 0 unspecified atom stereocenters. The smallest absolute Gasteiger partial charge is 0.226 e. The molecule has 0 saturated heterocycles. The molecule has 0 N–H and O–H groups in total. The largest absolute Gasteiger partial charge is 0.347 e. The van der Waals surface area contributed by atoms with Crippen molar-refractivity contribution in [3.63, 3.8) is 0 Å². The number of rotatable bonds is 2. The fraction of sp³-hybridized carbons (Fsp3) is 0.250. The average Bonchev–Trinajstić information content (AvgIpc) is 2.95. The predicted molar refractivity (Wildman–Crippen MR) is 73.9 cm³/mol. The lowest BCUT2D eigenvalue weighted by Gasteiger charge is -2.11. The quantitative estimate of drug-likeness (QED) is 0.707. The van der Waals surface area contributed by atoms with Crippen LogP contribution in [-0.2, 0) is 7.05 Å². The van der Waals surface area contributed by atoms with Gasteiger partial charge in [0.25, 0.3) is 0 Å². The van der Waals surface area contributed by atoms with E-state index in [1.165, 1.54) is 0 Å². The van der Waals surface area contributed by atoms with E-state index in [-0.39, 0.29) is 0 Å². The first-order valence-electron chi connectivity index (χ1n) is 5.57. The molecule has 3 aromatic heterocycles. The minimum absolute atomic E-state index is 0.722. The van der Waals surface area contributed by atoms with Crippen LogP contribution in [0.4, 0.5) is 5.95 Å². The molecule has 3 heterocycles. The number of anilines is 1. The minimum atomic E-state index is 0.722. The van der Waals surface area contributed by atoms with Gasteiger partial charge in [0.2, 0.25) is 5.95 Å². The van der Waals surface area contributed by atoms with Crippen LogP contribution in [0.1, 0.15) is 0 Å². The van der Waals surface area contributed by atoms with E-state index in [1.54, 1.807) is 16.0 Å². The zero-order chi connectivity index (χ0) is 12.7. The van der Waals surface area contributed by atoms with Crippen molar-refractivity contribution >= 4 is 27.5 Å². The normalized spacial score (nSPS) is 11.1. The summed E-state index contributed by atoms with van der Waals surface area (Å²) < 4.78 is 2.89. The van der Waals surface area contributed by atoms with Gasteiger partial charge in [0.1, 0.15) is 0 Å². The molecule has 0 saturated carbocycles. The fourth-order valence-electron chi connectivity index (χ4n) is 1.79. The summed E-state index contributed by atoms with van der Waals surface area (Å²) in [6.07, 6.45) is 3.81. The van der Waals surface area contributed by atoms with Crippen molar-refractivity contribution in [2.45, 2.75) is 0 Å². The Morgan fingerprint density at radius 3 is 2.78 bits per heavy atom. The molecule has 92 valence electrons. The van der Waals surface area contributed by atoms with Crippen LogP contribution in [0.15, 0.2) is 23.8 Å². The van der Waals surface area contributed by atoms with Crippen LogP contribution in [-0.4, -0.2) is 33.8 Å². The van der Waals surface area contributed by atoms with Gasteiger partial charge in [0, 0.05) is 32.9 Å². The lowest BCUT2D eigenvalue weighted by Crippen LogP contribution is -2.12. The molecular weight excluding hydrogens is 246 g/mol. The van der Waals surface area contributed by atoms with Gasteiger partial charge in [-0.05, 0) is 11.4 Å². The Balaban J connectivity index is 2.28. The standard InChI is InChI=1S/C12H13N5S/c1-16(2)12-14-9-4-5-18-11(9)10(15-12)8-6-13-17(3)7-8/h4-7H,1-3H3. The van der Waals surface area contributed by atoms with Gasteiger partial charge in [-0.25, -0.2) is 9.97 Å². The van der Waals surface area contributed by atoms with E-state index < -0.39 is 0 Å². The second kappa shape index (κ2) is 4.06. The van der Waals surface area contributed by atoms with Gasteiger partial charge < -0.3 is 4.90 Å². The second-order valence-corrected chi connectivity index (χ2v) is 5.22. The first-order chi connectivity index (χ1) is 8.65. The Kier molecular flexibility index (Phi) is 2.52. The fourth-order valence-corrected chi connectivity index (χ4v) is 2.63. The van der Waals surface area contributed by atoms with Crippen molar-refractivity contribution < 1.29 is 0 Å². The van der Waals surface area contributed by atoms with Gasteiger partial charge in [-0.3, -0.25) is 4.68 Å². The monoisotopic (exact) mass is 259 g/mol. The van der Waals surface area contributed by atoms with Crippen LogP contribution < -0.4 is 4.90 Å². The van der Waals surface area contributed by atoms with Gasteiger partial charge in [0.05, 0.1) is 22.1 Å². The third kappa shape index (κ3) is 1.74. The lowest BCUT2D eigenvalue weighted by atomic mass is 10.2. The van der Waals surface area contributed by atoms with Crippen LogP contribution >= 0.6 is 11.3 Å². The van der Waals surface area contributed by atoms with Crippen LogP contribution in [0.2, 0.25) is 0 Å². The second-order valence-electron chi connectivity index (χ2n) is 4.30. The van der Waals surface area contributed by atoms with Gasteiger partial charge in [-0.1, -0.05) is 0 Å². The van der Waals surface area contributed by atoms with E-state index in [9.17, 15) is 0 Å². The van der Waals surface area contributed by atoms with Gasteiger partial charge in [0.15, 0.2) is 0 Å². The topological polar surface area (TPSA) is 46.8 Å². The van der Waals surface area contributed by atoms with E-state index in [1.807, 2.05) is 49.9 Å². The van der Waals surface area contributed by atoms with Crippen molar-refractivity contribution in [1.82, 2.24) is 19.7 Å². The highest BCUT2D eigenvalue weighted by atomic mass is 32.1. The molecule has 5 nitrogen and oxygen atoms in total. The third-order valence-electron chi connectivity index (χ3n) is 2.67. The summed E-state index contributed by atoms with van der Waals surface area (Å²) in [7, 11) is 5.80. The maximum Gasteiger partial charge on any atom is 0.226 e. The lowest BCUT2D eigenvalue weighted by molar-refractivity contribution is 0.768. The van der Waals surface area contributed by atoms with Crippen LogP contribution in [0, 0.1) is 0 Å². The third-order valence-corrected chi connectivity index (χ3v) is 3.58. The molecular formula is C12H13N5S. The SMILES string of the molecule is CN(C)c1nc(-c2cnn(C)c2)c2sccc2n1. The van der Waals surface area contributed by atoms with E-state index >= 15 is 0 Å². The van der Waals surface area contributed by atoms with E-state index in [0.29, 0.717) is 0 Å². The molecule has 18 heavy (non-hydrogen) atoms. The molecule has 0 atom stereocenters. The molecule has 0 amide bonds. The Morgan fingerprint density at radius 1 is 1.28 bits per heavy atom. The number of aryl methyl sites for hydroxylation is 1. The van der Waals surface area contributed by atoms with Crippen molar-refractivity contribution in [1.29, 1.82) is 0 Å². The van der Waals surface area contributed by atoms with Crippen molar-refractivity contribution in [3.8, 4) is 11.3 Å². The maximum absolute atomic E-state index is 4.63. The molecule has 0 radical (unpaired) electrons. The summed E-state index contributed by atoms with van der Waals surface area (Å²) in [4.78, 5) is 11.1. The van der Waals surface area contributed by atoms with Crippen molar-refractivity contribution in [2.75, 3.05) is 19.0 Å². The summed E-state index contributed by atoms with van der Waals surface area (Å²) in [5, 5.41) is 6.25. The van der Waals surface area contributed by atoms with E-state index in [4.69, 9.17) is 0 Å². The molecule has 3 rings (SSSR count). The molecule has 0 bridgehead atoms. The summed E-state index contributed by atoms with van der Waals surface area (Å²) in [6, 6.07) is 2.02. The number of thiophene rings is 1. The highest BCUT2D eigenvalue weighted by Crippen LogP contribution is 2.31. The minimum Gasteiger partial charge on any atom is -0.347 e. The zero-order valence-corrected chi connectivity index (χ0v) is 11.3. The van der Waals surface area contributed by atoms with Crippen LogP contribution in [0.25, 0.3) is 21.5 Å². The molecule has 0 aliphatic carbocycles. The highest BCUT2D eigenvalue weighted by Gasteiger charge is 2.13. The van der Waals surface area contributed by atoms with Gasteiger partial charge in [-0.15, -0.1) is 11.3 Å². The number of nitrogens with zero attached hydrogens (tertiary/aromatic N) is 5. The predicted octanol–water partition coefficient (Wildman–Crippen LogP) is 2.16. The van der Waals surface area contributed by atoms with Crippen molar-refractivity contribution in [2.24, 2.45) is 7.05 Å². The maximum atomic E-state index is 4.63. The summed E-state index contributed by atoms with van der Waals surface area (Å²) in [5.74, 6) is 0.722. The molecule has 0 spiro atoms. The Bertz CT molecular complexity index is 697. The number of fused-ring (bicyclic) bond motifs is 1. The zero-order valence-electron chi connectivity index (χ0n) is 10.5. The Labute approximate surface area is 109 Å². The summed E-state index contributed by atoms with van der Waals surface area (Å²) >= 11 is 1.66. The molecule has 6 heteroatoms. The molecule has 0 aliphatic rings. The molecule has 0 aliphatic heterocycles. The van der Waals surface area contributed by atoms with E-state index in [2.05, 4.69) is 15.1 Å². The van der Waals surface area contributed by atoms with Crippen LogP contribution in [0.3, 0.4) is 0 Å². The Hall–Kier alpha value is -1.95. The highest BCUT2D eigenvalue weighted by molar-refractivity contribution is 7.17. The first kappa shape index (κ1) is 11.2. The molecule has 0 fully saturated rings. The number of hydrogen-bond donors (Lipinski definition) is 0. The molecule has 3 aromatic rings.